The number of furan rings is 1. The first-order chi connectivity index (χ1) is 8.58. The maximum atomic E-state index is 11.3. The standard InChI is InChI=1S/C12H21N3O2S/c1-9(4-5-18-3)15(2)7-11-6-10(8-17-11)12(16)14-13/h6,8-9H,4-5,7,13H2,1-3H3,(H,14,16). The molecule has 1 aromatic rings. The van der Waals surface area contributed by atoms with Crippen LogP contribution in [-0.2, 0) is 6.54 Å². The number of hydrogen-bond donors (Lipinski definition) is 2. The highest BCUT2D eigenvalue weighted by atomic mass is 32.2. The summed E-state index contributed by atoms with van der Waals surface area (Å²) in [5.41, 5.74) is 2.54. The van der Waals surface area contributed by atoms with Crippen molar-refractivity contribution >= 4 is 17.7 Å². The second-order valence-electron chi connectivity index (χ2n) is 4.32. The lowest BCUT2D eigenvalue weighted by Crippen LogP contribution is -2.30. The fourth-order valence-corrected chi connectivity index (χ4v) is 2.15. The number of carbonyl (C=O) groups excluding carboxylic acids is 1. The summed E-state index contributed by atoms with van der Waals surface area (Å²) in [6, 6.07) is 2.20. The van der Waals surface area contributed by atoms with E-state index in [0.29, 0.717) is 18.2 Å². The van der Waals surface area contributed by atoms with Gasteiger partial charge in [0.15, 0.2) is 0 Å². The van der Waals surface area contributed by atoms with Crippen LogP contribution in [0, 0.1) is 0 Å². The molecule has 1 amide bonds. The largest absolute Gasteiger partial charge is 0.467 e. The molecule has 0 aromatic carbocycles. The fraction of sp³-hybridized carbons (Fsp3) is 0.583. The van der Waals surface area contributed by atoms with Gasteiger partial charge in [0.25, 0.3) is 5.91 Å². The van der Waals surface area contributed by atoms with Gasteiger partial charge in [-0.2, -0.15) is 11.8 Å². The third-order valence-electron chi connectivity index (χ3n) is 2.94. The average molecular weight is 271 g/mol. The zero-order valence-electron chi connectivity index (χ0n) is 11.1. The number of thioether (sulfide) groups is 1. The van der Waals surface area contributed by atoms with E-state index in [2.05, 4.69) is 30.6 Å². The number of hydrazine groups is 1. The molecule has 0 spiro atoms. The van der Waals surface area contributed by atoms with Gasteiger partial charge in [-0.25, -0.2) is 5.84 Å². The van der Waals surface area contributed by atoms with Crippen molar-refractivity contribution in [2.75, 3.05) is 19.1 Å². The molecule has 6 heteroatoms. The Morgan fingerprint density at radius 3 is 3.00 bits per heavy atom. The van der Waals surface area contributed by atoms with Gasteiger partial charge in [0.1, 0.15) is 12.0 Å². The molecule has 0 aliphatic heterocycles. The smallest absolute Gasteiger partial charge is 0.268 e. The van der Waals surface area contributed by atoms with Crippen molar-refractivity contribution in [2.45, 2.75) is 25.9 Å². The fourth-order valence-electron chi connectivity index (χ4n) is 1.58. The Bertz CT molecular complexity index is 381. The zero-order chi connectivity index (χ0) is 13.5. The summed E-state index contributed by atoms with van der Waals surface area (Å²) in [6.45, 7) is 2.88. The van der Waals surface area contributed by atoms with E-state index in [1.165, 1.54) is 6.26 Å². The summed E-state index contributed by atoms with van der Waals surface area (Å²) < 4.78 is 5.35. The van der Waals surface area contributed by atoms with Crippen LogP contribution in [0.2, 0.25) is 0 Å². The summed E-state index contributed by atoms with van der Waals surface area (Å²) >= 11 is 1.85. The number of nitrogens with one attached hydrogen (secondary N) is 1. The molecule has 0 aliphatic rings. The van der Waals surface area contributed by atoms with Crippen LogP contribution in [0.1, 0.15) is 29.5 Å². The molecule has 1 heterocycles. The van der Waals surface area contributed by atoms with Gasteiger partial charge in [-0.1, -0.05) is 0 Å². The summed E-state index contributed by atoms with van der Waals surface area (Å²) in [7, 11) is 2.05. The summed E-state index contributed by atoms with van der Waals surface area (Å²) in [5, 5.41) is 0. The number of hydrogen-bond acceptors (Lipinski definition) is 5. The minimum Gasteiger partial charge on any atom is -0.467 e. The third kappa shape index (κ3) is 4.36. The molecule has 0 saturated heterocycles. The molecule has 1 unspecified atom stereocenters. The molecule has 102 valence electrons. The Kier molecular flexibility index (Phi) is 6.24. The predicted molar refractivity (Wildman–Crippen MR) is 74.3 cm³/mol. The van der Waals surface area contributed by atoms with Gasteiger partial charge in [-0.05, 0) is 38.5 Å². The van der Waals surface area contributed by atoms with Gasteiger partial charge in [0, 0.05) is 6.04 Å². The molecule has 5 nitrogen and oxygen atoms in total. The van der Waals surface area contributed by atoms with Crippen LogP contribution in [0.15, 0.2) is 16.7 Å². The van der Waals surface area contributed by atoms with E-state index in [1.807, 2.05) is 11.8 Å². The van der Waals surface area contributed by atoms with E-state index in [0.717, 1.165) is 17.9 Å². The van der Waals surface area contributed by atoms with E-state index in [1.54, 1.807) is 6.07 Å². The van der Waals surface area contributed by atoms with Gasteiger partial charge in [-0.15, -0.1) is 0 Å². The molecular weight excluding hydrogens is 250 g/mol. The lowest BCUT2D eigenvalue weighted by Gasteiger charge is -2.23. The van der Waals surface area contributed by atoms with Crippen LogP contribution in [0.5, 0.6) is 0 Å². The molecule has 0 bridgehead atoms. The molecule has 1 atom stereocenters. The summed E-state index contributed by atoms with van der Waals surface area (Å²) in [4.78, 5) is 13.5. The van der Waals surface area contributed by atoms with Crippen molar-refractivity contribution in [3.63, 3.8) is 0 Å². The highest BCUT2D eigenvalue weighted by molar-refractivity contribution is 7.98. The Hall–Kier alpha value is -0.980. The molecule has 0 saturated carbocycles. The maximum absolute atomic E-state index is 11.3. The van der Waals surface area contributed by atoms with Crippen LogP contribution in [0.4, 0.5) is 0 Å². The van der Waals surface area contributed by atoms with E-state index >= 15 is 0 Å². The van der Waals surface area contributed by atoms with Crippen molar-refractivity contribution in [1.29, 1.82) is 0 Å². The van der Waals surface area contributed by atoms with Crippen molar-refractivity contribution in [1.82, 2.24) is 10.3 Å². The maximum Gasteiger partial charge on any atom is 0.268 e. The quantitative estimate of drug-likeness (QED) is 0.446. The number of nitrogen functional groups attached to an aromatic ring is 1. The minimum absolute atomic E-state index is 0.330. The average Bonchev–Trinajstić information content (AvgIpc) is 2.83. The molecule has 18 heavy (non-hydrogen) atoms. The van der Waals surface area contributed by atoms with Gasteiger partial charge in [-0.3, -0.25) is 15.1 Å². The predicted octanol–water partition coefficient (Wildman–Crippen LogP) is 1.46. The highest BCUT2D eigenvalue weighted by Gasteiger charge is 2.13. The van der Waals surface area contributed by atoms with E-state index in [4.69, 9.17) is 10.3 Å². The molecular formula is C12H21N3O2S. The van der Waals surface area contributed by atoms with Crippen molar-refractivity contribution < 1.29 is 9.21 Å². The van der Waals surface area contributed by atoms with Gasteiger partial charge in [0.05, 0.1) is 12.1 Å². The van der Waals surface area contributed by atoms with Crippen LogP contribution in [-0.4, -0.2) is 35.9 Å². The van der Waals surface area contributed by atoms with Crippen LogP contribution in [0.3, 0.4) is 0 Å². The minimum atomic E-state index is -0.330. The first-order valence-corrected chi connectivity index (χ1v) is 7.25. The Morgan fingerprint density at radius 2 is 2.39 bits per heavy atom. The first-order valence-electron chi connectivity index (χ1n) is 5.86. The lowest BCUT2D eigenvalue weighted by molar-refractivity contribution is 0.0953. The molecule has 0 aliphatic carbocycles. The van der Waals surface area contributed by atoms with E-state index in [-0.39, 0.29) is 5.91 Å². The van der Waals surface area contributed by atoms with E-state index in [9.17, 15) is 4.79 Å². The summed E-state index contributed by atoms with van der Waals surface area (Å²) in [5.74, 6) is 6.65. The van der Waals surface area contributed by atoms with Crippen molar-refractivity contribution in [3.8, 4) is 0 Å². The second kappa shape index (κ2) is 7.45. The number of amides is 1. The summed E-state index contributed by atoms with van der Waals surface area (Å²) in [6.07, 6.45) is 4.67. The van der Waals surface area contributed by atoms with E-state index < -0.39 is 0 Å². The van der Waals surface area contributed by atoms with Gasteiger partial charge >= 0.3 is 0 Å². The van der Waals surface area contributed by atoms with Crippen molar-refractivity contribution in [2.24, 2.45) is 5.84 Å². The molecule has 1 aromatic heterocycles. The number of carbonyl (C=O) groups is 1. The van der Waals surface area contributed by atoms with Crippen LogP contribution in [0.25, 0.3) is 0 Å². The number of rotatable bonds is 7. The molecule has 3 N–H and O–H groups in total. The molecule has 0 fully saturated rings. The highest BCUT2D eigenvalue weighted by Crippen LogP contribution is 2.13. The monoisotopic (exact) mass is 271 g/mol. The Labute approximate surface area is 112 Å². The topological polar surface area (TPSA) is 71.5 Å². The molecule has 1 rings (SSSR count). The Balaban J connectivity index is 2.51. The third-order valence-corrected chi connectivity index (χ3v) is 3.59. The van der Waals surface area contributed by atoms with Gasteiger partial charge in [0.2, 0.25) is 0 Å². The lowest BCUT2D eigenvalue weighted by atomic mass is 10.2. The number of nitrogens with two attached hydrogens (primary N) is 1. The van der Waals surface area contributed by atoms with Gasteiger partial charge < -0.3 is 4.42 Å². The molecule has 0 radical (unpaired) electrons. The normalized spacial score (nSPS) is 12.7. The first kappa shape index (κ1) is 15.1. The van der Waals surface area contributed by atoms with Crippen LogP contribution < -0.4 is 11.3 Å². The number of nitrogens with zero attached hydrogens (tertiary/aromatic N) is 1. The Morgan fingerprint density at radius 1 is 1.67 bits per heavy atom. The van der Waals surface area contributed by atoms with Crippen molar-refractivity contribution in [3.05, 3.63) is 23.7 Å². The second-order valence-corrected chi connectivity index (χ2v) is 5.31. The SMILES string of the molecule is CSCCC(C)N(C)Cc1cc(C(=O)NN)co1. The zero-order valence-corrected chi connectivity index (χ0v) is 11.9. The van der Waals surface area contributed by atoms with Crippen LogP contribution >= 0.6 is 11.8 Å².